The highest BCUT2D eigenvalue weighted by Crippen LogP contribution is 2.17. The molecule has 5 nitrogen and oxygen atoms in total. The molecule has 0 saturated carbocycles. The van der Waals surface area contributed by atoms with E-state index in [0.717, 1.165) is 19.3 Å². The average Bonchev–Trinajstić information content (AvgIpc) is 2.54. The van der Waals surface area contributed by atoms with Gasteiger partial charge in [0.15, 0.2) is 0 Å². The van der Waals surface area contributed by atoms with Gasteiger partial charge in [0.05, 0.1) is 5.92 Å². The van der Waals surface area contributed by atoms with Crippen molar-refractivity contribution in [2.24, 2.45) is 11.7 Å². The van der Waals surface area contributed by atoms with Gasteiger partial charge < -0.3 is 15.9 Å². The second-order valence-corrected chi connectivity index (χ2v) is 6.89. The first-order valence-corrected chi connectivity index (χ1v) is 9.70. The summed E-state index contributed by atoms with van der Waals surface area (Å²) in [5.74, 6) is -2.70. The maximum absolute atomic E-state index is 11.1. The molecule has 0 aliphatic rings. The largest absolute Gasteiger partial charge is 0.481 e. The van der Waals surface area contributed by atoms with Crippen LogP contribution in [0, 0.1) is 5.92 Å². The lowest BCUT2D eigenvalue weighted by Gasteiger charge is -2.14. The van der Waals surface area contributed by atoms with E-state index in [-0.39, 0.29) is 6.42 Å². The van der Waals surface area contributed by atoms with Gasteiger partial charge in [-0.2, -0.15) is 0 Å². The Bertz CT molecular complexity index is 333. The second kappa shape index (κ2) is 15.4. The molecule has 0 aliphatic heterocycles. The Balaban J connectivity index is 3.52. The normalized spacial score (nSPS) is 13.6. The van der Waals surface area contributed by atoms with Crippen LogP contribution in [0.5, 0.6) is 0 Å². The minimum Gasteiger partial charge on any atom is -0.481 e. The molecule has 1 unspecified atom stereocenters. The average molecular weight is 344 g/mol. The van der Waals surface area contributed by atoms with Gasteiger partial charge in [0.1, 0.15) is 6.04 Å². The van der Waals surface area contributed by atoms with Crippen molar-refractivity contribution in [3.63, 3.8) is 0 Å². The molecule has 0 amide bonds. The molecule has 142 valence electrons. The van der Waals surface area contributed by atoms with Crippen molar-refractivity contribution in [1.29, 1.82) is 0 Å². The van der Waals surface area contributed by atoms with E-state index in [1.807, 2.05) is 0 Å². The van der Waals surface area contributed by atoms with E-state index in [4.69, 9.17) is 15.9 Å². The molecule has 0 saturated heterocycles. The maximum Gasteiger partial charge on any atom is 0.320 e. The van der Waals surface area contributed by atoms with Crippen molar-refractivity contribution >= 4 is 11.9 Å². The fraction of sp³-hybridized carbons (Fsp3) is 0.895. The van der Waals surface area contributed by atoms with E-state index in [9.17, 15) is 9.59 Å². The van der Waals surface area contributed by atoms with Gasteiger partial charge in [0, 0.05) is 0 Å². The van der Waals surface area contributed by atoms with E-state index in [2.05, 4.69) is 6.92 Å². The monoisotopic (exact) mass is 343 g/mol. The summed E-state index contributed by atoms with van der Waals surface area (Å²) < 4.78 is 0. The summed E-state index contributed by atoms with van der Waals surface area (Å²) in [6.07, 6.45) is 15.4. The van der Waals surface area contributed by atoms with Crippen LogP contribution in [0.2, 0.25) is 0 Å². The maximum atomic E-state index is 11.1. The molecular weight excluding hydrogens is 306 g/mol. The van der Waals surface area contributed by atoms with Crippen LogP contribution in [-0.2, 0) is 9.59 Å². The number of carboxylic acids is 2. The van der Waals surface area contributed by atoms with Gasteiger partial charge in [-0.25, -0.2) is 0 Å². The van der Waals surface area contributed by atoms with Crippen LogP contribution in [0.25, 0.3) is 0 Å². The van der Waals surface area contributed by atoms with Crippen LogP contribution in [0.4, 0.5) is 0 Å². The van der Waals surface area contributed by atoms with Gasteiger partial charge in [0.25, 0.3) is 0 Å². The number of rotatable bonds is 17. The topological polar surface area (TPSA) is 101 Å². The molecular formula is C19H37NO4. The molecule has 0 heterocycles. The van der Waals surface area contributed by atoms with Crippen LogP contribution in [0.3, 0.4) is 0 Å². The number of hydrogen-bond donors (Lipinski definition) is 3. The summed E-state index contributed by atoms with van der Waals surface area (Å²) >= 11 is 0. The molecule has 0 spiro atoms. The highest BCUT2D eigenvalue weighted by Gasteiger charge is 2.23. The van der Waals surface area contributed by atoms with Gasteiger partial charge in [-0.05, 0) is 12.8 Å². The summed E-state index contributed by atoms with van der Waals surface area (Å²) in [7, 11) is 0. The summed E-state index contributed by atoms with van der Waals surface area (Å²) in [5.41, 5.74) is 5.43. The van der Waals surface area contributed by atoms with Crippen molar-refractivity contribution in [1.82, 2.24) is 0 Å². The number of hydrogen-bond acceptors (Lipinski definition) is 3. The fourth-order valence-electron chi connectivity index (χ4n) is 2.98. The first-order valence-electron chi connectivity index (χ1n) is 9.70. The zero-order valence-electron chi connectivity index (χ0n) is 15.3. The van der Waals surface area contributed by atoms with Crippen molar-refractivity contribution < 1.29 is 19.8 Å². The lowest BCUT2D eigenvalue weighted by Crippen LogP contribution is -2.34. The number of unbranched alkanes of at least 4 members (excludes halogenated alkanes) is 11. The Morgan fingerprint density at radius 2 is 1.17 bits per heavy atom. The Morgan fingerprint density at radius 3 is 1.54 bits per heavy atom. The van der Waals surface area contributed by atoms with Gasteiger partial charge in [0.2, 0.25) is 0 Å². The van der Waals surface area contributed by atoms with Gasteiger partial charge >= 0.3 is 11.9 Å². The highest BCUT2D eigenvalue weighted by molar-refractivity contribution is 5.75. The Hall–Kier alpha value is -1.10. The Labute approximate surface area is 147 Å². The summed E-state index contributed by atoms with van der Waals surface area (Å²) in [6.45, 7) is 2.24. The smallest absolute Gasteiger partial charge is 0.320 e. The number of carboxylic acid groups (broad SMARTS) is 2. The third kappa shape index (κ3) is 13.3. The number of nitrogens with two attached hydrogens (primary N) is 1. The number of aliphatic carboxylic acids is 2. The van der Waals surface area contributed by atoms with Crippen LogP contribution < -0.4 is 5.73 Å². The van der Waals surface area contributed by atoms with Gasteiger partial charge in [-0.15, -0.1) is 0 Å². The fourth-order valence-corrected chi connectivity index (χ4v) is 2.98. The van der Waals surface area contributed by atoms with E-state index < -0.39 is 23.9 Å². The zero-order valence-corrected chi connectivity index (χ0v) is 15.3. The summed E-state index contributed by atoms with van der Waals surface area (Å²) in [6, 6.07) is -1.08. The molecule has 5 heteroatoms. The SMILES string of the molecule is CCCCCCCCCCCCCCC(C[C@H](N)C(=O)O)C(=O)O. The Kier molecular flexibility index (Phi) is 14.7. The third-order valence-corrected chi connectivity index (χ3v) is 4.61. The quantitative estimate of drug-likeness (QED) is 0.336. The Morgan fingerprint density at radius 1 is 0.750 bits per heavy atom. The molecule has 2 atom stereocenters. The van der Waals surface area contributed by atoms with Gasteiger partial charge in [-0.1, -0.05) is 84.0 Å². The number of carbonyl (C=O) groups is 2. The molecule has 0 radical (unpaired) electrons. The lowest BCUT2D eigenvalue weighted by atomic mass is 9.94. The predicted octanol–water partition coefficient (Wildman–Crippen LogP) is 4.58. The van der Waals surface area contributed by atoms with Crippen LogP contribution >= 0.6 is 0 Å². The minimum atomic E-state index is -1.13. The second-order valence-electron chi connectivity index (χ2n) is 6.89. The molecule has 0 aromatic carbocycles. The van der Waals surface area contributed by atoms with E-state index in [1.54, 1.807) is 0 Å². The molecule has 0 aliphatic carbocycles. The molecule has 0 aromatic rings. The van der Waals surface area contributed by atoms with Crippen molar-refractivity contribution in [2.75, 3.05) is 0 Å². The first kappa shape index (κ1) is 22.9. The zero-order chi connectivity index (χ0) is 18.2. The minimum absolute atomic E-state index is 0.0166. The van der Waals surface area contributed by atoms with Crippen LogP contribution in [0.1, 0.15) is 96.8 Å². The third-order valence-electron chi connectivity index (χ3n) is 4.61. The molecule has 0 aromatic heterocycles. The molecule has 0 fully saturated rings. The molecule has 0 bridgehead atoms. The molecule has 0 rings (SSSR count). The first-order chi connectivity index (χ1) is 11.5. The summed E-state index contributed by atoms with van der Waals surface area (Å²) in [4.78, 5) is 21.9. The highest BCUT2D eigenvalue weighted by atomic mass is 16.4. The standard InChI is InChI=1S/C19H37NO4/c1-2-3-4-5-6-7-8-9-10-11-12-13-14-16(18(21)22)15-17(20)19(23)24/h16-17H,2-15,20H2,1H3,(H,21,22)(H,23,24)/t16?,17-/m0/s1. The summed E-state index contributed by atoms with van der Waals surface area (Å²) in [5, 5.41) is 17.9. The van der Waals surface area contributed by atoms with Crippen LogP contribution in [-0.4, -0.2) is 28.2 Å². The van der Waals surface area contributed by atoms with E-state index >= 15 is 0 Å². The van der Waals surface area contributed by atoms with E-state index in [1.165, 1.54) is 57.8 Å². The van der Waals surface area contributed by atoms with Crippen molar-refractivity contribution in [3.8, 4) is 0 Å². The lowest BCUT2D eigenvalue weighted by molar-refractivity contribution is -0.143. The van der Waals surface area contributed by atoms with Gasteiger partial charge in [-0.3, -0.25) is 9.59 Å². The molecule has 24 heavy (non-hydrogen) atoms. The molecule has 4 N–H and O–H groups in total. The van der Waals surface area contributed by atoms with Crippen LogP contribution in [0.15, 0.2) is 0 Å². The van der Waals surface area contributed by atoms with Crippen molar-refractivity contribution in [3.05, 3.63) is 0 Å². The van der Waals surface area contributed by atoms with E-state index in [0.29, 0.717) is 6.42 Å². The van der Waals surface area contributed by atoms with Crippen molar-refractivity contribution in [2.45, 2.75) is 103 Å². The predicted molar refractivity (Wildman–Crippen MR) is 97.0 cm³/mol.